The molecule has 3 aromatic heterocycles. The zero-order chi connectivity index (χ0) is 22.8. The number of hydrogen-bond donors (Lipinski definition) is 2. The highest BCUT2D eigenvalue weighted by Gasteiger charge is 2.16. The first-order valence-corrected chi connectivity index (χ1v) is 10.2. The topological polar surface area (TPSA) is 128 Å². The minimum absolute atomic E-state index is 0.0261. The molecule has 0 aliphatic carbocycles. The van der Waals surface area contributed by atoms with Crippen molar-refractivity contribution in [3.05, 3.63) is 51.7 Å². The summed E-state index contributed by atoms with van der Waals surface area (Å²) in [5.41, 5.74) is 1.91. The standard InChI is InChI=1S/C21H20ClN7O3/c1-4-29-19-13(9-24-21(27-19)25-10-17(30)23-3)7-15(20(29)31)14-6-5-12(8-16(14)22)18-26-11(2)32-28-18/h5-9H,4,10H2,1-3H3,(H,23,30)(H,24,25,27). The number of benzene rings is 1. The van der Waals surface area contributed by atoms with E-state index in [1.807, 2.05) is 6.92 Å². The van der Waals surface area contributed by atoms with E-state index in [-0.39, 0.29) is 24.0 Å². The molecule has 4 aromatic rings. The molecule has 0 aliphatic heterocycles. The fourth-order valence-corrected chi connectivity index (χ4v) is 3.55. The van der Waals surface area contributed by atoms with Gasteiger partial charge in [-0.05, 0) is 19.1 Å². The maximum atomic E-state index is 13.3. The van der Waals surface area contributed by atoms with Crippen molar-refractivity contribution >= 4 is 34.5 Å². The second kappa shape index (κ2) is 8.75. The van der Waals surface area contributed by atoms with Gasteiger partial charge in [0.2, 0.25) is 23.6 Å². The van der Waals surface area contributed by atoms with Gasteiger partial charge < -0.3 is 15.2 Å². The molecule has 0 saturated heterocycles. The predicted octanol–water partition coefficient (Wildman–Crippen LogP) is 2.65. The number of carbonyl (C=O) groups is 1. The Kier molecular flexibility index (Phi) is 5.87. The Bertz CT molecular complexity index is 1380. The quantitative estimate of drug-likeness (QED) is 0.456. The summed E-state index contributed by atoms with van der Waals surface area (Å²) in [7, 11) is 1.54. The molecule has 11 heteroatoms. The molecule has 32 heavy (non-hydrogen) atoms. The van der Waals surface area contributed by atoms with Crippen LogP contribution in [0.4, 0.5) is 5.95 Å². The second-order valence-corrected chi connectivity index (χ2v) is 7.35. The van der Waals surface area contributed by atoms with E-state index < -0.39 is 0 Å². The first-order chi connectivity index (χ1) is 15.4. The number of fused-ring (bicyclic) bond motifs is 1. The normalized spacial score (nSPS) is 11.0. The average molecular weight is 454 g/mol. The third kappa shape index (κ3) is 4.04. The maximum Gasteiger partial charge on any atom is 0.260 e. The molecular weight excluding hydrogens is 434 g/mol. The lowest BCUT2D eigenvalue weighted by Gasteiger charge is -2.13. The van der Waals surface area contributed by atoms with E-state index in [0.29, 0.717) is 51.0 Å². The number of carbonyl (C=O) groups excluding carboxylic acids is 1. The molecule has 0 unspecified atom stereocenters. The van der Waals surface area contributed by atoms with Gasteiger partial charge in [0.15, 0.2) is 0 Å². The van der Waals surface area contributed by atoms with Crippen molar-refractivity contribution < 1.29 is 9.32 Å². The summed E-state index contributed by atoms with van der Waals surface area (Å²) in [6.07, 6.45) is 1.61. The van der Waals surface area contributed by atoms with Crippen molar-refractivity contribution in [1.82, 2.24) is 30.0 Å². The number of anilines is 1. The molecule has 1 amide bonds. The summed E-state index contributed by atoms with van der Waals surface area (Å²) >= 11 is 6.54. The minimum atomic E-state index is -0.235. The van der Waals surface area contributed by atoms with Crippen LogP contribution in [0.25, 0.3) is 33.5 Å². The van der Waals surface area contributed by atoms with E-state index >= 15 is 0 Å². The molecule has 0 fully saturated rings. The highest BCUT2D eigenvalue weighted by Crippen LogP contribution is 2.31. The fourth-order valence-electron chi connectivity index (χ4n) is 3.27. The smallest absolute Gasteiger partial charge is 0.260 e. The molecule has 0 spiro atoms. The van der Waals surface area contributed by atoms with Crippen LogP contribution in [0.3, 0.4) is 0 Å². The van der Waals surface area contributed by atoms with Crippen molar-refractivity contribution in [3.8, 4) is 22.5 Å². The zero-order valence-corrected chi connectivity index (χ0v) is 18.4. The zero-order valence-electron chi connectivity index (χ0n) is 17.6. The Morgan fingerprint density at radius 3 is 2.69 bits per heavy atom. The molecule has 0 bridgehead atoms. The lowest BCUT2D eigenvalue weighted by Crippen LogP contribution is -2.27. The summed E-state index contributed by atoms with van der Waals surface area (Å²) in [4.78, 5) is 37.6. The number of amides is 1. The van der Waals surface area contributed by atoms with Gasteiger partial charge in [-0.1, -0.05) is 28.9 Å². The molecule has 0 atom stereocenters. The molecule has 1 aromatic carbocycles. The van der Waals surface area contributed by atoms with E-state index in [2.05, 4.69) is 30.7 Å². The molecule has 164 valence electrons. The van der Waals surface area contributed by atoms with Gasteiger partial charge in [-0.3, -0.25) is 14.2 Å². The van der Waals surface area contributed by atoms with Crippen LogP contribution >= 0.6 is 11.6 Å². The Balaban J connectivity index is 1.77. The number of aromatic nitrogens is 5. The van der Waals surface area contributed by atoms with Gasteiger partial charge >= 0.3 is 0 Å². The number of aryl methyl sites for hydroxylation is 2. The summed E-state index contributed by atoms with van der Waals surface area (Å²) in [5, 5.41) is 10.3. The monoisotopic (exact) mass is 453 g/mol. The van der Waals surface area contributed by atoms with Crippen molar-refractivity contribution in [3.63, 3.8) is 0 Å². The van der Waals surface area contributed by atoms with E-state index in [1.54, 1.807) is 49.0 Å². The van der Waals surface area contributed by atoms with Crippen molar-refractivity contribution in [2.75, 3.05) is 18.9 Å². The third-order valence-electron chi connectivity index (χ3n) is 4.87. The lowest BCUT2D eigenvalue weighted by atomic mass is 10.0. The van der Waals surface area contributed by atoms with Crippen LogP contribution in [0.1, 0.15) is 12.8 Å². The number of nitrogens with one attached hydrogen (secondary N) is 2. The SMILES string of the molecule is CCn1c(=O)c(-c2ccc(-c3noc(C)n3)cc2Cl)cc2cnc(NCC(=O)NC)nc21. The van der Waals surface area contributed by atoms with Gasteiger partial charge in [-0.2, -0.15) is 9.97 Å². The van der Waals surface area contributed by atoms with Crippen molar-refractivity contribution in [1.29, 1.82) is 0 Å². The molecule has 4 rings (SSSR count). The van der Waals surface area contributed by atoms with Crippen LogP contribution in [0.5, 0.6) is 0 Å². The highest BCUT2D eigenvalue weighted by atomic mass is 35.5. The molecule has 0 aliphatic rings. The number of halogens is 1. The van der Waals surface area contributed by atoms with Gasteiger partial charge in [0.1, 0.15) is 5.65 Å². The molecule has 0 saturated carbocycles. The Morgan fingerprint density at radius 1 is 1.22 bits per heavy atom. The van der Waals surface area contributed by atoms with Gasteiger partial charge in [0.05, 0.1) is 6.54 Å². The Labute approximate surface area is 187 Å². The number of rotatable bonds is 6. The summed E-state index contributed by atoms with van der Waals surface area (Å²) in [5.74, 6) is 0.926. The number of hydrogen-bond acceptors (Lipinski definition) is 8. The van der Waals surface area contributed by atoms with Crippen molar-refractivity contribution in [2.24, 2.45) is 0 Å². The first kappa shape index (κ1) is 21.4. The molecule has 0 radical (unpaired) electrons. The van der Waals surface area contributed by atoms with Crippen LogP contribution in [-0.4, -0.2) is 44.2 Å². The molecule has 3 heterocycles. The van der Waals surface area contributed by atoms with E-state index in [1.165, 1.54) is 0 Å². The molecular formula is C21H20ClN7O3. The van der Waals surface area contributed by atoms with Gasteiger partial charge in [-0.15, -0.1) is 0 Å². The van der Waals surface area contributed by atoms with Gasteiger partial charge in [-0.25, -0.2) is 4.98 Å². The van der Waals surface area contributed by atoms with Crippen molar-refractivity contribution in [2.45, 2.75) is 20.4 Å². The van der Waals surface area contributed by atoms with Crippen LogP contribution in [-0.2, 0) is 11.3 Å². The lowest BCUT2D eigenvalue weighted by molar-refractivity contribution is -0.118. The average Bonchev–Trinajstić information content (AvgIpc) is 3.23. The largest absolute Gasteiger partial charge is 0.358 e. The predicted molar refractivity (Wildman–Crippen MR) is 121 cm³/mol. The number of nitrogens with zero attached hydrogens (tertiary/aromatic N) is 5. The second-order valence-electron chi connectivity index (χ2n) is 6.94. The van der Waals surface area contributed by atoms with Gasteiger partial charge in [0.25, 0.3) is 5.56 Å². The van der Waals surface area contributed by atoms with Crippen LogP contribution in [0, 0.1) is 6.92 Å². The summed E-state index contributed by atoms with van der Waals surface area (Å²) in [6.45, 7) is 3.98. The first-order valence-electron chi connectivity index (χ1n) is 9.87. The Morgan fingerprint density at radius 2 is 2.03 bits per heavy atom. The summed E-state index contributed by atoms with van der Waals surface area (Å²) in [6, 6.07) is 6.95. The van der Waals surface area contributed by atoms with Crippen LogP contribution in [0.2, 0.25) is 5.02 Å². The van der Waals surface area contributed by atoms with Crippen LogP contribution < -0.4 is 16.2 Å². The van der Waals surface area contributed by atoms with E-state index in [0.717, 1.165) is 0 Å². The third-order valence-corrected chi connectivity index (χ3v) is 5.19. The number of pyridine rings is 1. The minimum Gasteiger partial charge on any atom is -0.358 e. The van der Waals surface area contributed by atoms with Gasteiger partial charge in [0, 0.05) is 53.8 Å². The van der Waals surface area contributed by atoms with E-state index in [4.69, 9.17) is 16.1 Å². The molecule has 2 N–H and O–H groups in total. The maximum absolute atomic E-state index is 13.3. The van der Waals surface area contributed by atoms with Crippen LogP contribution in [0.15, 0.2) is 39.8 Å². The highest BCUT2D eigenvalue weighted by molar-refractivity contribution is 6.33. The number of likely N-dealkylation sites (N-methyl/N-ethyl adjacent to an activating group) is 1. The Hall–Kier alpha value is -3.79. The molecule has 10 nitrogen and oxygen atoms in total. The fraction of sp³-hybridized carbons (Fsp3) is 0.238. The van der Waals surface area contributed by atoms with E-state index in [9.17, 15) is 9.59 Å². The summed E-state index contributed by atoms with van der Waals surface area (Å²) < 4.78 is 6.56.